The Morgan fingerprint density at radius 1 is 1.19 bits per heavy atom. The first kappa shape index (κ1) is 19.3. The van der Waals surface area contributed by atoms with Gasteiger partial charge in [-0.3, -0.25) is 4.79 Å². The molecule has 7 heteroatoms. The van der Waals surface area contributed by atoms with Crippen LogP contribution in [-0.4, -0.2) is 36.6 Å². The van der Waals surface area contributed by atoms with E-state index in [0.29, 0.717) is 24.3 Å². The first-order chi connectivity index (χ1) is 12.6. The van der Waals surface area contributed by atoms with E-state index in [9.17, 15) is 18.3 Å². The van der Waals surface area contributed by atoms with Gasteiger partial charge in [0.05, 0.1) is 11.2 Å². The number of Topliss-reactive ketones (excluding diaryl/α,β-unsaturated/α-hetero) is 1. The first-order valence-electron chi connectivity index (χ1n) is 9.65. The molecule has 1 saturated heterocycles. The largest absolute Gasteiger partial charge is 0.508 e. The molecule has 2 unspecified atom stereocenters. The summed E-state index contributed by atoms with van der Waals surface area (Å²) in [5, 5.41) is 9.58. The summed E-state index contributed by atoms with van der Waals surface area (Å²) in [4.78, 5) is 13.6. The first-order valence-corrected chi connectivity index (χ1v) is 13.1. The molecular formula is C20H28O5S2. The normalized spacial score (nSPS) is 32.7. The topological polar surface area (TPSA) is 80.7 Å². The highest BCUT2D eigenvalue weighted by atomic mass is 32.3. The lowest BCUT2D eigenvalue weighted by molar-refractivity contribution is -0.128. The number of ketones is 1. The fourth-order valence-electron chi connectivity index (χ4n) is 5.44. The second-order valence-corrected chi connectivity index (χ2v) is 13.7. The van der Waals surface area contributed by atoms with E-state index in [4.69, 9.17) is 3.63 Å². The van der Waals surface area contributed by atoms with Gasteiger partial charge in [-0.25, -0.2) is 3.63 Å². The summed E-state index contributed by atoms with van der Waals surface area (Å²) >= 11 is 0. The van der Waals surface area contributed by atoms with Crippen molar-refractivity contribution in [2.45, 2.75) is 50.8 Å². The van der Waals surface area contributed by atoms with Crippen LogP contribution in [0, 0.1) is 16.7 Å². The lowest BCUT2D eigenvalue weighted by atomic mass is 9.70. The SMILES string of the molecule is CC1(C)C2CCC1(CS(=O)(=O)OS1(c3ccc(O)cc3)CCCC1)C(=O)C2. The van der Waals surface area contributed by atoms with Gasteiger partial charge < -0.3 is 5.11 Å². The lowest BCUT2D eigenvalue weighted by Gasteiger charge is -2.39. The number of fused-ring (bicyclic) bond motifs is 2. The van der Waals surface area contributed by atoms with Crippen LogP contribution in [0.5, 0.6) is 5.75 Å². The molecule has 2 aliphatic carbocycles. The van der Waals surface area contributed by atoms with Gasteiger partial charge >= 0.3 is 0 Å². The Labute approximate surface area is 163 Å². The molecule has 5 nitrogen and oxygen atoms in total. The summed E-state index contributed by atoms with van der Waals surface area (Å²) in [6, 6.07) is 6.73. The molecule has 0 spiro atoms. The Morgan fingerprint density at radius 2 is 1.81 bits per heavy atom. The third-order valence-corrected chi connectivity index (χ3v) is 13.0. The fraction of sp³-hybridized carbons (Fsp3) is 0.650. The summed E-state index contributed by atoms with van der Waals surface area (Å²) < 4.78 is 32.4. The van der Waals surface area contributed by atoms with E-state index in [2.05, 4.69) is 0 Å². The Balaban J connectivity index is 1.64. The quantitative estimate of drug-likeness (QED) is 0.790. The minimum absolute atomic E-state index is 0.0935. The molecule has 2 atom stereocenters. The molecule has 0 amide bonds. The van der Waals surface area contributed by atoms with E-state index in [1.165, 1.54) is 0 Å². The molecule has 1 N–H and O–H groups in total. The second kappa shape index (κ2) is 6.22. The zero-order valence-corrected chi connectivity index (χ0v) is 17.6. The zero-order chi connectivity index (χ0) is 19.5. The van der Waals surface area contributed by atoms with Crippen LogP contribution in [0.25, 0.3) is 0 Å². The molecule has 4 rings (SSSR count). The smallest absolute Gasteiger partial charge is 0.277 e. The van der Waals surface area contributed by atoms with Crippen molar-refractivity contribution in [3.8, 4) is 5.75 Å². The van der Waals surface area contributed by atoms with E-state index in [1.54, 1.807) is 24.3 Å². The molecule has 3 aliphatic rings. The van der Waals surface area contributed by atoms with Crippen molar-refractivity contribution in [1.29, 1.82) is 0 Å². The van der Waals surface area contributed by atoms with E-state index < -0.39 is 25.8 Å². The van der Waals surface area contributed by atoms with Crippen molar-refractivity contribution in [3.63, 3.8) is 0 Å². The molecule has 2 saturated carbocycles. The van der Waals surface area contributed by atoms with Gasteiger partial charge in [0.25, 0.3) is 10.1 Å². The number of hydrogen-bond donors (Lipinski definition) is 1. The van der Waals surface area contributed by atoms with Crippen LogP contribution in [0.1, 0.15) is 46.0 Å². The highest BCUT2D eigenvalue weighted by molar-refractivity contribution is 8.33. The van der Waals surface area contributed by atoms with Gasteiger partial charge in [0.1, 0.15) is 11.5 Å². The molecule has 0 radical (unpaired) electrons. The highest BCUT2D eigenvalue weighted by Gasteiger charge is 2.65. The predicted octanol–water partition coefficient (Wildman–Crippen LogP) is 4.01. The standard InChI is InChI=1S/C20H28O5S2/c1-19(2)15-9-10-20(19,18(22)13-15)14-27(23,24)25-26(11-3-4-12-26)17-7-5-16(21)6-8-17/h5-8,15,21H,3-4,9-14H2,1-2H3. The number of aromatic hydroxyl groups is 1. The van der Waals surface area contributed by atoms with Gasteiger partial charge in [-0.15, -0.1) is 0 Å². The summed E-state index contributed by atoms with van der Waals surface area (Å²) in [5.41, 5.74) is -1.10. The molecule has 1 aliphatic heterocycles. The van der Waals surface area contributed by atoms with Crippen molar-refractivity contribution >= 4 is 26.2 Å². The highest BCUT2D eigenvalue weighted by Crippen LogP contribution is 2.66. The van der Waals surface area contributed by atoms with Gasteiger partial charge in [-0.2, -0.15) is 8.42 Å². The van der Waals surface area contributed by atoms with Crippen molar-refractivity contribution in [2.75, 3.05) is 17.3 Å². The maximum absolute atomic E-state index is 13.2. The molecule has 2 bridgehead atoms. The number of rotatable bonds is 5. The molecule has 1 aromatic rings. The summed E-state index contributed by atoms with van der Waals surface area (Å²) in [5.74, 6) is 1.76. The van der Waals surface area contributed by atoms with Crippen LogP contribution in [0.15, 0.2) is 29.2 Å². The van der Waals surface area contributed by atoms with Gasteiger partial charge in [-0.05, 0) is 61.3 Å². The van der Waals surface area contributed by atoms with Crippen LogP contribution in [0.3, 0.4) is 0 Å². The van der Waals surface area contributed by atoms with Crippen molar-refractivity contribution in [3.05, 3.63) is 24.3 Å². The maximum Gasteiger partial charge on any atom is 0.277 e. The summed E-state index contributed by atoms with van der Waals surface area (Å²) in [6.45, 7) is 4.09. The molecule has 1 aromatic carbocycles. The van der Waals surface area contributed by atoms with Crippen molar-refractivity contribution < 1.29 is 21.9 Å². The van der Waals surface area contributed by atoms with Crippen LogP contribution in [-0.2, 0) is 18.5 Å². The minimum atomic E-state index is -3.86. The lowest BCUT2D eigenvalue weighted by Crippen LogP contribution is -2.42. The predicted molar refractivity (Wildman–Crippen MR) is 106 cm³/mol. The number of carbonyl (C=O) groups excluding carboxylic acids is 1. The number of phenols is 1. The molecular weight excluding hydrogens is 384 g/mol. The molecule has 3 fully saturated rings. The minimum Gasteiger partial charge on any atom is -0.508 e. The van der Waals surface area contributed by atoms with Gasteiger partial charge in [0.15, 0.2) is 0 Å². The average molecular weight is 413 g/mol. The Morgan fingerprint density at radius 3 is 2.33 bits per heavy atom. The van der Waals surface area contributed by atoms with Crippen molar-refractivity contribution in [1.82, 2.24) is 0 Å². The molecule has 27 heavy (non-hydrogen) atoms. The zero-order valence-electron chi connectivity index (χ0n) is 15.9. The van der Waals surface area contributed by atoms with Crippen molar-refractivity contribution in [2.24, 2.45) is 16.7 Å². The summed E-state index contributed by atoms with van der Waals surface area (Å²) in [7, 11) is -5.80. The maximum atomic E-state index is 13.2. The van der Waals surface area contributed by atoms with Crippen LogP contribution in [0.2, 0.25) is 0 Å². The van der Waals surface area contributed by atoms with Crippen LogP contribution >= 0.6 is 10.3 Å². The second-order valence-electron chi connectivity index (χ2n) is 8.86. The number of benzene rings is 1. The molecule has 1 heterocycles. The van der Waals surface area contributed by atoms with E-state index >= 15 is 0 Å². The van der Waals surface area contributed by atoms with E-state index in [-0.39, 0.29) is 28.6 Å². The van der Waals surface area contributed by atoms with Gasteiger partial charge in [0, 0.05) is 22.8 Å². The Hall–Kier alpha value is -1.05. The number of hydrogen-bond acceptors (Lipinski definition) is 5. The third-order valence-electron chi connectivity index (χ3n) is 7.26. The van der Waals surface area contributed by atoms with E-state index in [0.717, 1.165) is 24.2 Å². The Bertz CT molecular complexity index is 853. The van der Waals surface area contributed by atoms with E-state index in [1.807, 2.05) is 13.8 Å². The third kappa shape index (κ3) is 2.93. The van der Waals surface area contributed by atoms with Crippen LogP contribution in [0.4, 0.5) is 0 Å². The van der Waals surface area contributed by atoms with Gasteiger partial charge in [-0.1, -0.05) is 24.2 Å². The summed E-state index contributed by atoms with van der Waals surface area (Å²) in [6.07, 6.45) is 3.93. The fourth-order valence-corrected chi connectivity index (χ4v) is 12.0. The molecule has 150 valence electrons. The van der Waals surface area contributed by atoms with Crippen LogP contribution < -0.4 is 0 Å². The van der Waals surface area contributed by atoms with Gasteiger partial charge in [0.2, 0.25) is 0 Å². The molecule has 0 aromatic heterocycles. The number of carbonyl (C=O) groups is 1. The monoisotopic (exact) mass is 412 g/mol. The average Bonchev–Trinajstić information content (AvgIpc) is 3.18. The number of phenolic OH excluding ortho intramolecular Hbond substituents is 1. The Kier molecular flexibility index (Phi) is 4.44.